The molecule has 4 rings (SSSR count). The van der Waals surface area contributed by atoms with Crippen LogP contribution >= 0.6 is 0 Å². The van der Waals surface area contributed by atoms with Crippen LogP contribution in [0.5, 0.6) is 5.75 Å². The van der Waals surface area contributed by atoms with Gasteiger partial charge >= 0.3 is 24.4 Å². The predicted octanol–water partition coefficient (Wildman–Crippen LogP) is 6.68. The van der Waals surface area contributed by atoms with Gasteiger partial charge < -0.3 is 35.6 Å². The van der Waals surface area contributed by atoms with Crippen LogP contribution in [0, 0.1) is 5.92 Å². The minimum Gasteiger partial charge on any atom is -0.488 e. The summed E-state index contributed by atoms with van der Waals surface area (Å²) >= 11 is 0. The maximum absolute atomic E-state index is 13.5. The van der Waals surface area contributed by atoms with Gasteiger partial charge in [0.05, 0.1) is 36.7 Å². The molecule has 3 atom stereocenters. The Hall–Kier alpha value is -4.99. The number of aliphatic hydroxyl groups excluding tert-OH is 1. The molecule has 0 bridgehead atoms. The van der Waals surface area contributed by atoms with Crippen molar-refractivity contribution in [3.63, 3.8) is 0 Å². The number of alkyl halides is 6. The molecule has 5 amide bonds. The van der Waals surface area contributed by atoms with Gasteiger partial charge in [-0.05, 0) is 73.7 Å². The number of hydrogen-bond acceptors (Lipinski definition) is 5. The Balaban J connectivity index is 1.52. The van der Waals surface area contributed by atoms with E-state index in [0.29, 0.717) is 5.56 Å². The summed E-state index contributed by atoms with van der Waals surface area (Å²) in [6, 6.07) is 10.5. The number of benzene rings is 3. The highest BCUT2D eigenvalue weighted by molar-refractivity contribution is 6.00. The molecule has 1 aliphatic rings. The molecule has 16 heteroatoms. The predicted molar refractivity (Wildman–Crippen MR) is 169 cm³/mol. The largest absolute Gasteiger partial charge is 0.488 e. The highest BCUT2D eigenvalue weighted by Crippen LogP contribution is 2.32. The van der Waals surface area contributed by atoms with Crippen LogP contribution in [-0.2, 0) is 23.6 Å². The lowest BCUT2D eigenvalue weighted by molar-refractivity contribution is -0.138. The van der Waals surface area contributed by atoms with Crippen LogP contribution in [0.3, 0.4) is 0 Å². The van der Waals surface area contributed by atoms with Crippen molar-refractivity contribution in [1.29, 1.82) is 0 Å². The summed E-state index contributed by atoms with van der Waals surface area (Å²) in [5.41, 5.74) is -0.844. The van der Waals surface area contributed by atoms with E-state index >= 15 is 0 Å². The Kier molecular flexibility index (Phi) is 11.3. The molecule has 10 nitrogen and oxygen atoms in total. The maximum atomic E-state index is 13.5. The van der Waals surface area contributed by atoms with Gasteiger partial charge in [0.2, 0.25) is 5.91 Å². The van der Waals surface area contributed by atoms with Gasteiger partial charge in [-0.15, -0.1) is 0 Å². The van der Waals surface area contributed by atoms with Gasteiger partial charge in [0, 0.05) is 42.1 Å². The zero-order chi connectivity index (χ0) is 36.1. The lowest BCUT2D eigenvalue weighted by atomic mass is 10.0. The fourth-order valence-corrected chi connectivity index (χ4v) is 5.08. The minimum atomic E-state index is -4.53. The van der Waals surface area contributed by atoms with Crippen molar-refractivity contribution in [2.75, 3.05) is 42.7 Å². The summed E-state index contributed by atoms with van der Waals surface area (Å²) in [5.74, 6) is -0.426. The number of nitrogens with one attached hydrogen (secondary N) is 3. The van der Waals surface area contributed by atoms with Crippen molar-refractivity contribution >= 4 is 35.0 Å². The summed E-state index contributed by atoms with van der Waals surface area (Å²) in [6.45, 7) is 3.32. The highest BCUT2D eigenvalue weighted by Gasteiger charge is 2.33. The molecule has 0 unspecified atom stereocenters. The Morgan fingerprint density at radius 3 is 1.94 bits per heavy atom. The molecular weight excluding hydrogens is 660 g/mol. The monoisotopic (exact) mass is 695 g/mol. The summed E-state index contributed by atoms with van der Waals surface area (Å²) in [6.07, 6.45) is -9.93. The van der Waals surface area contributed by atoms with Crippen molar-refractivity contribution in [3.05, 3.63) is 83.4 Å². The van der Waals surface area contributed by atoms with Crippen molar-refractivity contribution < 1.29 is 50.6 Å². The summed E-state index contributed by atoms with van der Waals surface area (Å²) < 4.78 is 83.7. The quantitative estimate of drug-likeness (QED) is 0.206. The molecule has 0 spiro atoms. The summed E-state index contributed by atoms with van der Waals surface area (Å²) in [5, 5.41) is 17.4. The van der Waals surface area contributed by atoms with E-state index in [1.165, 1.54) is 35.0 Å². The number of halogens is 6. The van der Waals surface area contributed by atoms with E-state index in [9.17, 15) is 45.8 Å². The summed E-state index contributed by atoms with van der Waals surface area (Å²) in [7, 11) is 1.48. The van der Waals surface area contributed by atoms with Crippen LogP contribution < -0.4 is 20.7 Å². The molecule has 0 saturated carbocycles. The lowest BCUT2D eigenvalue weighted by Gasteiger charge is -2.34. The third-order valence-corrected chi connectivity index (χ3v) is 7.91. The van der Waals surface area contributed by atoms with E-state index in [1.54, 1.807) is 6.92 Å². The molecule has 49 heavy (non-hydrogen) atoms. The summed E-state index contributed by atoms with van der Waals surface area (Å²) in [4.78, 5) is 41.9. The van der Waals surface area contributed by atoms with E-state index < -0.39 is 47.7 Å². The van der Waals surface area contributed by atoms with E-state index in [-0.39, 0.29) is 60.8 Å². The number of urea groups is 2. The second-order valence-corrected chi connectivity index (χ2v) is 11.8. The minimum absolute atomic E-state index is 0.00184. The Labute approximate surface area is 278 Å². The first-order chi connectivity index (χ1) is 22.9. The van der Waals surface area contributed by atoms with Crippen LogP contribution in [0.4, 0.5) is 53.0 Å². The smallest absolute Gasteiger partial charge is 0.416 e. The number of aliphatic hydroxyl groups is 1. The average molecular weight is 696 g/mol. The number of anilines is 3. The topological polar surface area (TPSA) is 123 Å². The maximum Gasteiger partial charge on any atom is 0.416 e. The van der Waals surface area contributed by atoms with Crippen LogP contribution in [0.1, 0.15) is 30.5 Å². The lowest BCUT2D eigenvalue weighted by Crippen LogP contribution is -2.48. The normalized spacial score (nSPS) is 17.4. The third-order valence-electron chi connectivity index (χ3n) is 7.91. The van der Waals surface area contributed by atoms with Gasteiger partial charge in [0.25, 0.3) is 0 Å². The third kappa shape index (κ3) is 9.78. The van der Waals surface area contributed by atoms with Crippen molar-refractivity contribution in [2.24, 2.45) is 5.92 Å². The second kappa shape index (κ2) is 15.1. The van der Waals surface area contributed by atoms with Crippen molar-refractivity contribution in [3.8, 4) is 5.75 Å². The Bertz CT molecular complexity index is 1630. The Morgan fingerprint density at radius 1 is 0.898 bits per heavy atom. The number of ether oxygens (including phenoxy) is 1. The average Bonchev–Trinajstić information content (AvgIpc) is 3.07. The molecule has 0 aromatic heterocycles. The molecule has 0 fully saturated rings. The van der Waals surface area contributed by atoms with Crippen molar-refractivity contribution in [1.82, 2.24) is 9.80 Å². The van der Waals surface area contributed by atoms with E-state index in [4.69, 9.17) is 4.74 Å². The number of amides is 5. The molecule has 1 aliphatic heterocycles. The van der Waals surface area contributed by atoms with Crippen molar-refractivity contribution in [2.45, 2.75) is 44.8 Å². The van der Waals surface area contributed by atoms with E-state index in [2.05, 4.69) is 16.0 Å². The number of carbonyl (C=O) groups excluding carboxylic acids is 3. The van der Waals surface area contributed by atoms with Gasteiger partial charge in [0.1, 0.15) is 11.9 Å². The van der Waals surface area contributed by atoms with Crippen LogP contribution in [0.15, 0.2) is 66.7 Å². The number of hydrogen-bond donors (Lipinski definition) is 4. The first kappa shape index (κ1) is 36.8. The van der Waals surface area contributed by atoms with Gasteiger partial charge in [-0.1, -0.05) is 6.92 Å². The number of fused-ring (bicyclic) bond motifs is 1. The fourth-order valence-electron chi connectivity index (χ4n) is 5.08. The number of likely N-dealkylation sites (N-methyl/N-ethyl adjacent to an activating group) is 1. The second-order valence-electron chi connectivity index (χ2n) is 11.8. The van der Waals surface area contributed by atoms with E-state index in [1.807, 2.05) is 6.92 Å². The van der Waals surface area contributed by atoms with Crippen LogP contribution in [-0.4, -0.2) is 71.8 Å². The zero-order valence-corrected chi connectivity index (χ0v) is 26.7. The standard InChI is InChI=1S/C33H35F6N5O5/c1-19-16-44(20(2)18-45)29(46)15-21-14-26(41-30(47)40-24-8-4-22(5-9-24)32(34,35)36)12-13-27(21)49-28(19)17-43(3)31(48)42-25-10-6-23(7-11-25)33(37,38)39/h4-14,19-20,28,45H,15-18H2,1-3H3,(H,42,48)(H2,40,41,47)/t19-,20+,28-/m0/s1. The molecule has 4 N–H and O–H groups in total. The van der Waals surface area contributed by atoms with E-state index in [0.717, 1.165) is 48.5 Å². The molecular formula is C33H35F6N5O5. The zero-order valence-electron chi connectivity index (χ0n) is 26.7. The molecule has 3 aromatic rings. The van der Waals surface area contributed by atoms with Gasteiger partial charge in [-0.2, -0.15) is 26.3 Å². The Morgan fingerprint density at radius 2 is 1.41 bits per heavy atom. The number of rotatable bonds is 7. The molecule has 0 radical (unpaired) electrons. The fraction of sp³-hybridized carbons (Fsp3) is 0.364. The first-order valence-corrected chi connectivity index (χ1v) is 15.1. The van der Waals surface area contributed by atoms with Gasteiger partial charge in [-0.25, -0.2) is 9.59 Å². The number of carbonyl (C=O) groups is 3. The van der Waals surface area contributed by atoms with Crippen LogP contribution in [0.25, 0.3) is 0 Å². The first-order valence-electron chi connectivity index (χ1n) is 15.1. The SMILES string of the molecule is C[C@H](CO)N1C[C@H](C)[C@H](CN(C)C(=O)Nc2ccc(C(F)(F)F)cc2)Oc2ccc(NC(=O)Nc3ccc(C(F)(F)F)cc3)cc2CC1=O. The molecule has 3 aromatic carbocycles. The highest BCUT2D eigenvalue weighted by atomic mass is 19.4. The molecule has 0 aliphatic carbocycles. The number of nitrogens with zero attached hydrogens (tertiary/aromatic N) is 2. The van der Waals surface area contributed by atoms with Crippen LogP contribution in [0.2, 0.25) is 0 Å². The van der Waals surface area contributed by atoms with Gasteiger partial charge in [0.15, 0.2) is 0 Å². The molecule has 0 saturated heterocycles. The molecule has 1 heterocycles. The molecule has 264 valence electrons. The van der Waals surface area contributed by atoms with Gasteiger partial charge in [-0.3, -0.25) is 4.79 Å².